The van der Waals surface area contributed by atoms with Crippen LogP contribution >= 0.6 is 0 Å². The summed E-state index contributed by atoms with van der Waals surface area (Å²) in [5.41, 5.74) is 5.84. The summed E-state index contributed by atoms with van der Waals surface area (Å²) in [7, 11) is 0. The molecule has 0 saturated heterocycles. The van der Waals surface area contributed by atoms with Crippen molar-refractivity contribution in [2.45, 2.75) is 13.5 Å². The molecule has 1 aliphatic rings. The molecular formula is C28H23N3O4. The van der Waals surface area contributed by atoms with Crippen LogP contribution in [0.1, 0.15) is 38.8 Å². The molecule has 7 nitrogen and oxygen atoms in total. The second kappa shape index (κ2) is 9.30. The van der Waals surface area contributed by atoms with Gasteiger partial charge >= 0.3 is 0 Å². The van der Waals surface area contributed by atoms with Gasteiger partial charge in [-0.1, -0.05) is 42.5 Å². The quantitative estimate of drug-likeness (QED) is 0.301. The summed E-state index contributed by atoms with van der Waals surface area (Å²) in [6, 6.07) is 23.8. The first-order valence-corrected chi connectivity index (χ1v) is 11.3. The van der Waals surface area contributed by atoms with Crippen molar-refractivity contribution < 1.29 is 19.4 Å². The van der Waals surface area contributed by atoms with E-state index in [4.69, 9.17) is 4.74 Å². The van der Waals surface area contributed by atoms with Crippen molar-refractivity contribution >= 4 is 34.5 Å². The molecule has 2 amide bonds. The lowest BCUT2D eigenvalue weighted by Gasteiger charge is -2.18. The summed E-state index contributed by atoms with van der Waals surface area (Å²) in [4.78, 5) is 27.3. The standard InChI is InChI=1S/C28H23N3O4/c1-2-35-24-11-5-8-21(26(24)32)16-29-30-27(33)20-14-12-18(13-15-20)17-31-23-10-4-7-19-6-3-9-22(25(19)23)28(31)34/h3-16,32H,2,17H2,1H3,(H,30,33)/b29-16+. The number of aromatic hydroxyl groups is 1. The van der Waals surface area contributed by atoms with Gasteiger partial charge in [0.1, 0.15) is 0 Å². The van der Waals surface area contributed by atoms with Gasteiger partial charge in [0.05, 0.1) is 25.1 Å². The van der Waals surface area contributed by atoms with Gasteiger partial charge in [0, 0.05) is 22.1 Å². The van der Waals surface area contributed by atoms with E-state index in [9.17, 15) is 14.7 Å². The Balaban J connectivity index is 1.26. The van der Waals surface area contributed by atoms with E-state index in [1.165, 1.54) is 6.21 Å². The largest absolute Gasteiger partial charge is 0.504 e. The molecule has 0 fully saturated rings. The molecule has 4 aromatic carbocycles. The molecule has 0 atom stereocenters. The van der Waals surface area contributed by atoms with Crippen LogP contribution in [0.15, 0.2) is 84.0 Å². The van der Waals surface area contributed by atoms with Gasteiger partial charge in [-0.05, 0) is 54.3 Å². The molecule has 0 spiro atoms. The van der Waals surface area contributed by atoms with E-state index in [-0.39, 0.29) is 17.6 Å². The summed E-state index contributed by atoms with van der Waals surface area (Å²) < 4.78 is 5.35. The van der Waals surface area contributed by atoms with Crippen molar-refractivity contribution in [1.82, 2.24) is 5.43 Å². The van der Waals surface area contributed by atoms with Crippen LogP contribution in [0.5, 0.6) is 11.5 Å². The van der Waals surface area contributed by atoms with Crippen molar-refractivity contribution in [3.8, 4) is 11.5 Å². The van der Waals surface area contributed by atoms with E-state index in [1.54, 1.807) is 35.2 Å². The number of nitrogens with zero attached hydrogens (tertiary/aromatic N) is 2. The van der Waals surface area contributed by atoms with Crippen LogP contribution in [0.2, 0.25) is 0 Å². The highest BCUT2D eigenvalue weighted by atomic mass is 16.5. The SMILES string of the molecule is CCOc1cccc(/C=N/NC(=O)c2ccc(CN3C(=O)c4cccc5cccc3c45)cc2)c1O. The van der Waals surface area contributed by atoms with Crippen LogP contribution in [0, 0.1) is 0 Å². The fourth-order valence-electron chi connectivity index (χ4n) is 4.22. The Morgan fingerprint density at radius 1 is 1.03 bits per heavy atom. The number of hydrazone groups is 1. The van der Waals surface area contributed by atoms with Crippen LogP contribution in [0.4, 0.5) is 5.69 Å². The number of carbonyl (C=O) groups is 2. The summed E-state index contributed by atoms with van der Waals surface area (Å²) in [6.45, 7) is 2.66. The Morgan fingerprint density at radius 2 is 1.77 bits per heavy atom. The fraction of sp³-hybridized carbons (Fsp3) is 0.107. The van der Waals surface area contributed by atoms with Crippen molar-refractivity contribution in [3.05, 3.63) is 101 Å². The number of ether oxygens (including phenoxy) is 1. The highest BCUT2D eigenvalue weighted by molar-refractivity contribution is 6.24. The maximum Gasteiger partial charge on any atom is 0.271 e. The van der Waals surface area contributed by atoms with Crippen LogP contribution in [-0.4, -0.2) is 29.7 Å². The average Bonchev–Trinajstić information content (AvgIpc) is 3.15. The number of amides is 2. The molecule has 2 N–H and O–H groups in total. The summed E-state index contributed by atoms with van der Waals surface area (Å²) >= 11 is 0. The second-order valence-corrected chi connectivity index (χ2v) is 8.10. The first-order chi connectivity index (χ1) is 17.1. The molecule has 0 bridgehead atoms. The zero-order valence-electron chi connectivity index (χ0n) is 19.1. The van der Waals surface area contributed by atoms with E-state index in [2.05, 4.69) is 10.5 Å². The molecule has 0 saturated carbocycles. The van der Waals surface area contributed by atoms with Crippen LogP contribution in [0.3, 0.4) is 0 Å². The lowest BCUT2D eigenvalue weighted by atomic mass is 10.1. The topological polar surface area (TPSA) is 91.2 Å². The van der Waals surface area contributed by atoms with Crippen molar-refractivity contribution in [2.24, 2.45) is 5.10 Å². The number of phenolic OH excluding ortho intramolecular Hbond substituents is 1. The molecule has 0 aliphatic carbocycles. The first-order valence-electron chi connectivity index (χ1n) is 11.3. The average molecular weight is 466 g/mol. The number of hydrogen-bond acceptors (Lipinski definition) is 5. The second-order valence-electron chi connectivity index (χ2n) is 8.10. The third-order valence-corrected chi connectivity index (χ3v) is 5.91. The molecular weight excluding hydrogens is 442 g/mol. The van der Waals surface area contributed by atoms with E-state index in [0.29, 0.717) is 35.6 Å². The van der Waals surface area contributed by atoms with Gasteiger partial charge in [-0.15, -0.1) is 0 Å². The summed E-state index contributed by atoms with van der Waals surface area (Å²) in [5.74, 6) is -0.0903. The smallest absolute Gasteiger partial charge is 0.271 e. The highest BCUT2D eigenvalue weighted by Gasteiger charge is 2.29. The van der Waals surface area contributed by atoms with Crippen molar-refractivity contribution in [3.63, 3.8) is 0 Å². The normalized spacial score (nSPS) is 12.5. The predicted molar refractivity (Wildman–Crippen MR) is 135 cm³/mol. The zero-order chi connectivity index (χ0) is 24.4. The zero-order valence-corrected chi connectivity index (χ0v) is 19.1. The minimum Gasteiger partial charge on any atom is -0.504 e. The molecule has 7 heteroatoms. The first kappa shape index (κ1) is 22.2. The van der Waals surface area contributed by atoms with Crippen LogP contribution in [-0.2, 0) is 6.54 Å². The molecule has 0 unspecified atom stereocenters. The Labute approximate surface area is 202 Å². The number of nitrogens with one attached hydrogen (secondary N) is 1. The third kappa shape index (κ3) is 4.19. The number of benzene rings is 4. The molecule has 174 valence electrons. The molecule has 1 aliphatic heterocycles. The Hall–Kier alpha value is -4.65. The van der Waals surface area contributed by atoms with Crippen molar-refractivity contribution in [1.29, 1.82) is 0 Å². The van der Waals surface area contributed by atoms with Gasteiger partial charge in [0.15, 0.2) is 11.5 Å². The molecule has 35 heavy (non-hydrogen) atoms. The van der Waals surface area contributed by atoms with Crippen molar-refractivity contribution in [2.75, 3.05) is 11.5 Å². The Kier molecular flexibility index (Phi) is 5.89. The Bertz CT molecular complexity index is 1460. The minimum absolute atomic E-state index is 0.0235. The molecule has 0 radical (unpaired) electrons. The highest BCUT2D eigenvalue weighted by Crippen LogP contribution is 2.38. The number of phenols is 1. The van der Waals surface area contributed by atoms with E-state index >= 15 is 0 Å². The third-order valence-electron chi connectivity index (χ3n) is 5.91. The van der Waals surface area contributed by atoms with Gasteiger partial charge in [-0.25, -0.2) is 5.43 Å². The molecule has 0 aromatic heterocycles. The van der Waals surface area contributed by atoms with Crippen LogP contribution in [0.25, 0.3) is 10.8 Å². The van der Waals surface area contributed by atoms with Gasteiger partial charge < -0.3 is 14.7 Å². The lowest BCUT2D eigenvalue weighted by Crippen LogP contribution is -2.26. The fourth-order valence-corrected chi connectivity index (χ4v) is 4.22. The monoisotopic (exact) mass is 465 g/mol. The molecule has 5 rings (SSSR count). The summed E-state index contributed by atoms with van der Waals surface area (Å²) in [6.07, 6.45) is 1.36. The van der Waals surface area contributed by atoms with Gasteiger partial charge in [-0.2, -0.15) is 5.10 Å². The Morgan fingerprint density at radius 3 is 2.54 bits per heavy atom. The maximum absolute atomic E-state index is 13.0. The summed E-state index contributed by atoms with van der Waals surface area (Å²) in [5, 5.41) is 16.2. The number of carbonyl (C=O) groups excluding carboxylic acids is 2. The van der Waals surface area contributed by atoms with Gasteiger partial charge in [-0.3, -0.25) is 9.59 Å². The van der Waals surface area contributed by atoms with E-state index in [1.807, 2.05) is 55.5 Å². The van der Waals surface area contributed by atoms with Gasteiger partial charge in [0.2, 0.25) is 0 Å². The number of para-hydroxylation sites is 1. The van der Waals surface area contributed by atoms with Gasteiger partial charge in [0.25, 0.3) is 11.8 Å². The number of rotatable bonds is 7. The molecule has 4 aromatic rings. The number of hydrogen-bond donors (Lipinski definition) is 2. The molecule has 1 heterocycles. The minimum atomic E-state index is -0.386. The number of anilines is 1. The lowest BCUT2D eigenvalue weighted by molar-refractivity contribution is 0.0953. The predicted octanol–water partition coefficient (Wildman–Crippen LogP) is 4.87. The maximum atomic E-state index is 13.0. The van der Waals surface area contributed by atoms with E-state index in [0.717, 1.165) is 22.0 Å². The van der Waals surface area contributed by atoms with Crippen LogP contribution < -0.4 is 15.1 Å². The van der Waals surface area contributed by atoms with E-state index < -0.39 is 0 Å².